The number of alkyl halides is 3. The lowest BCUT2D eigenvalue weighted by molar-refractivity contribution is -0.137. The number of amides is 1. The van der Waals surface area contributed by atoms with Crippen LogP contribution in [0, 0.1) is 0 Å². The normalized spacial score (nSPS) is 20.0. The van der Waals surface area contributed by atoms with Crippen LogP contribution in [0.25, 0.3) is 0 Å². The van der Waals surface area contributed by atoms with Gasteiger partial charge in [-0.1, -0.05) is 18.5 Å². The Labute approximate surface area is 126 Å². The molecule has 3 nitrogen and oxygen atoms in total. The number of carbonyl (C=O) groups is 1. The molecule has 0 radical (unpaired) electrons. The minimum absolute atomic E-state index is 0.0599. The van der Waals surface area contributed by atoms with E-state index in [0.717, 1.165) is 25.0 Å². The first-order chi connectivity index (χ1) is 9.84. The van der Waals surface area contributed by atoms with Crippen LogP contribution in [0.2, 0.25) is 5.02 Å². The van der Waals surface area contributed by atoms with E-state index in [-0.39, 0.29) is 17.0 Å². The smallest absolute Gasteiger partial charge is 0.310 e. The molecule has 21 heavy (non-hydrogen) atoms. The highest BCUT2D eigenvalue weighted by Gasteiger charge is 2.33. The molecule has 1 aliphatic heterocycles. The second-order valence-corrected chi connectivity index (χ2v) is 5.31. The van der Waals surface area contributed by atoms with Crippen molar-refractivity contribution in [1.82, 2.24) is 5.32 Å². The molecule has 1 aliphatic rings. The van der Waals surface area contributed by atoms with Gasteiger partial charge < -0.3 is 10.2 Å². The number of halogens is 4. The first kappa shape index (κ1) is 16.1. The summed E-state index contributed by atoms with van der Waals surface area (Å²) in [7, 11) is 0. The molecule has 0 saturated carbocycles. The number of hydrogen-bond donors (Lipinski definition) is 1. The fourth-order valence-electron chi connectivity index (χ4n) is 2.45. The van der Waals surface area contributed by atoms with Crippen LogP contribution < -0.4 is 10.2 Å². The predicted molar refractivity (Wildman–Crippen MR) is 75.5 cm³/mol. The standard InChI is InChI=1S/C14H16ClF3N2O/c1-2-19-11-4-3-7-20(13(11)21)12-6-5-9(8-10(12)15)14(16,17)18/h5-6,8,11,19H,2-4,7H2,1H3. The molecule has 0 aromatic heterocycles. The lowest BCUT2D eigenvalue weighted by Gasteiger charge is -2.33. The molecule has 2 rings (SSSR count). The van der Waals surface area contributed by atoms with Gasteiger partial charge in [-0.25, -0.2) is 0 Å². The van der Waals surface area contributed by atoms with Crippen molar-refractivity contribution in [2.75, 3.05) is 18.0 Å². The van der Waals surface area contributed by atoms with Crippen LogP contribution in [0.3, 0.4) is 0 Å². The SMILES string of the molecule is CCNC1CCCN(c2ccc(C(F)(F)F)cc2Cl)C1=O. The average molecular weight is 321 g/mol. The lowest BCUT2D eigenvalue weighted by atomic mass is 10.0. The summed E-state index contributed by atoms with van der Waals surface area (Å²) >= 11 is 5.94. The van der Waals surface area contributed by atoms with E-state index in [0.29, 0.717) is 18.8 Å². The fraction of sp³-hybridized carbons (Fsp3) is 0.500. The van der Waals surface area contributed by atoms with Crippen molar-refractivity contribution < 1.29 is 18.0 Å². The number of hydrogen-bond acceptors (Lipinski definition) is 2. The van der Waals surface area contributed by atoms with Gasteiger partial charge in [0.25, 0.3) is 0 Å². The maximum absolute atomic E-state index is 12.6. The molecular weight excluding hydrogens is 305 g/mol. The number of nitrogens with one attached hydrogen (secondary N) is 1. The zero-order valence-electron chi connectivity index (χ0n) is 11.5. The zero-order valence-corrected chi connectivity index (χ0v) is 12.3. The van der Waals surface area contributed by atoms with Crippen LogP contribution in [0.4, 0.5) is 18.9 Å². The molecule has 1 unspecified atom stereocenters. The average Bonchev–Trinajstić information content (AvgIpc) is 2.41. The third kappa shape index (κ3) is 3.49. The Bertz CT molecular complexity index is 531. The summed E-state index contributed by atoms with van der Waals surface area (Å²) in [5.41, 5.74) is -0.485. The van der Waals surface area contributed by atoms with E-state index in [9.17, 15) is 18.0 Å². The third-order valence-electron chi connectivity index (χ3n) is 3.45. The van der Waals surface area contributed by atoms with Crippen LogP contribution in [0.1, 0.15) is 25.3 Å². The maximum Gasteiger partial charge on any atom is 0.416 e. The molecule has 1 heterocycles. The maximum atomic E-state index is 12.6. The van der Waals surface area contributed by atoms with E-state index in [1.54, 1.807) is 0 Å². The van der Waals surface area contributed by atoms with Crippen molar-refractivity contribution in [2.45, 2.75) is 32.0 Å². The molecule has 0 spiro atoms. The van der Waals surface area contributed by atoms with E-state index in [1.807, 2.05) is 6.92 Å². The van der Waals surface area contributed by atoms with E-state index >= 15 is 0 Å². The lowest BCUT2D eigenvalue weighted by Crippen LogP contribution is -2.50. The van der Waals surface area contributed by atoms with Crippen LogP contribution >= 0.6 is 11.6 Å². The van der Waals surface area contributed by atoms with E-state index in [1.165, 1.54) is 11.0 Å². The van der Waals surface area contributed by atoms with Gasteiger partial charge in [0, 0.05) is 6.54 Å². The van der Waals surface area contributed by atoms with Gasteiger partial charge in [-0.05, 0) is 37.6 Å². The summed E-state index contributed by atoms with van der Waals surface area (Å²) in [5.74, 6) is -0.148. The predicted octanol–water partition coefficient (Wildman–Crippen LogP) is 3.46. The summed E-state index contributed by atoms with van der Waals surface area (Å²) in [6.07, 6.45) is -2.94. The number of piperidine rings is 1. The first-order valence-corrected chi connectivity index (χ1v) is 7.14. The number of likely N-dealkylation sites (N-methyl/N-ethyl adjacent to an activating group) is 1. The van der Waals surface area contributed by atoms with Gasteiger partial charge in [-0.15, -0.1) is 0 Å². The van der Waals surface area contributed by atoms with Gasteiger partial charge in [0.1, 0.15) is 0 Å². The molecule has 0 aliphatic carbocycles. The Kier molecular flexibility index (Phi) is 4.78. The van der Waals surface area contributed by atoms with Gasteiger partial charge in [0.05, 0.1) is 22.3 Å². The first-order valence-electron chi connectivity index (χ1n) is 6.76. The van der Waals surface area contributed by atoms with Crippen LogP contribution in [-0.4, -0.2) is 25.0 Å². The molecule has 1 saturated heterocycles. The Hall–Kier alpha value is -1.27. The quantitative estimate of drug-likeness (QED) is 0.925. The van der Waals surface area contributed by atoms with Crippen LogP contribution in [-0.2, 0) is 11.0 Å². The highest BCUT2D eigenvalue weighted by atomic mass is 35.5. The molecule has 1 aromatic rings. The Morgan fingerprint density at radius 1 is 1.43 bits per heavy atom. The van der Waals surface area contributed by atoms with Gasteiger partial charge in [0.15, 0.2) is 0 Å². The second-order valence-electron chi connectivity index (χ2n) is 4.91. The molecule has 1 aromatic carbocycles. The van der Waals surface area contributed by atoms with E-state index < -0.39 is 11.7 Å². The molecule has 1 fully saturated rings. The summed E-state index contributed by atoms with van der Waals surface area (Å²) < 4.78 is 37.9. The van der Waals surface area contributed by atoms with Gasteiger partial charge in [-0.2, -0.15) is 13.2 Å². The Morgan fingerprint density at radius 3 is 2.71 bits per heavy atom. The van der Waals surface area contributed by atoms with Crippen molar-refractivity contribution in [3.8, 4) is 0 Å². The number of nitrogens with zero attached hydrogens (tertiary/aromatic N) is 1. The molecule has 0 bridgehead atoms. The second kappa shape index (κ2) is 6.23. The topological polar surface area (TPSA) is 32.3 Å². The molecular formula is C14H16ClF3N2O. The van der Waals surface area contributed by atoms with Gasteiger partial charge in [0.2, 0.25) is 5.91 Å². The molecule has 7 heteroatoms. The summed E-state index contributed by atoms with van der Waals surface area (Å²) in [6.45, 7) is 3.02. The van der Waals surface area contributed by atoms with Crippen molar-refractivity contribution in [1.29, 1.82) is 0 Å². The van der Waals surface area contributed by atoms with Crippen molar-refractivity contribution >= 4 is 23.2 Å². The van der Waals surface area contributed by atoms with Crippen molar-refractivity contribution in [2.24, 2.45) is 0 Å². The van der Waals surface area contributed by atoms with Crippen LogP contribution in [0.5, 0.6) is 0 Å². The summed E-state index contributed by atoms with van der Waals surface area (Å²) in [6, 6.07) is 2.77. The third-order valence-corrected chi connectivity index (χ3v) is 3.76. The minimum atomic E-state index is -4.44. The number of carbonyl (C=O) groups excluding carboxylic acids is 1. The highest BCUT2D eigenvalue weighted by Crippen LogP contribution is 2.36. The Balaban J connectivity index is 2.27. The van der Waals surface area contributed by atoms with E-state index in [2.05, 4.69) is 5.32 Å². The zero-order chi connectivity index (χ0) is 15.6. The molecule has 116 valence electrons. The monoisotopic (exact) mass is 320 g/mol. The summed E-state index contributed by atoms with van der Waals surface area (Å²) in [4.78, 5) is 13.8. The number of benzene rings is 1. The largest absolute Gasteiger partial charge is 0.416 e. The van der Waals surface area contributed by atoms with Gasteiger partial charge >= 0.3 is 6.18 Å². The highest BCUT2D eigenvalue weighted by molar-refractivity contribution is 6.34. The summed E-state index contributed by atoms with van der Waals surface area (Å²) in [5, 5.41) is 3.01. The fourth-order valence-corrected chi connectivity index (χ4v) is 2.73. The van der Waals surface area contributed by atoms with Gasteiger partial charge in [-0.3, -0.25) is 4.79 Å². The van der Waals surface area contributed by atoms with E-state index in [4.69, 9.17) is 11.6 Å². The van der Waals surface area contributed by atoms with Crippen LogP contribution in [0.15, 0.2) is 18.2 Å². The van der Waals surface area contributed by atoms with Crippen molar-refractivity contribution in [3.63, 3.8) is 0 Å². The molecule has 1 amide bonds. The Morgan fingerprint density at radius 2 is 2.14 bits per heavy atom. The number of rotatable bonds is 3. The molecule has 1 N–H and O–H groups in total. The molecule has 1 atom stereocenters. The number of anilines is 1. The minimum Gasteiger partial charge on any atom is -0.310 e. The van der Waals surface area contributed by atoms with Crippen molar-refractivity contribution in [3.05, 3.63) is 28.8 Å².